The molecule has 0 aromatic heterocycles. The maximum Gasteiger partial charge on any atom is 0.206 e. The first-order valence-electron chi connectivity index (χ1n) is 14.2. The molecule has 0 atom stereocenters. The van der Waals surface area contributed by atoms with Gasteiger partial charge in [-0.2, -0.15) is 0 Å². The van der Waals surface area contributed by atoms with Crippen molar-refractivity contribution in [2.24, 2.45) is 0 Å². The van der Waals surface area contributed by atoms with E-state index < -0.39 is 20.7 Å². The van der Waals surface area contributed by atoms with E-state index in [1.807, 2.05) is 41.5 Å². The van der Waals surface area contributed by atoms with Gasteiger partial charge in [0.05, 0.1) is 9.79 Å². The van der Waals surface area contributed by atoms with Gasteiger partial charge in [0.25, 0.3) is 0 Å². The van der Waals surface area contributed by atoms with Crippen molar-refractivity contribution < 1.29 is 18.6 Å². The third kappa shape index (κ3) is 5.72. The molecular formula is C32H46O4S. The largest absolute Gasteiger partial charge is 0.507 e. The lowest BCUT2D eigenvalue weighted by Crippen LogP contribution is -2.17. The van der Waals surface area contributed by atoms with Crippen molar-refractivity contribution in [2.45, 2.75) is 138 Å². The molecule has 0 radical (unpaired) electrons. The van der Waals surface area contributed by atoms with Crippen LogP contribution in [0, 0.1) is 0 Å². The highest BCUT2D eigenvalue weighted by Crippen LogP contribution is 2.46. The van der Waals surface area contributed by atoms with Crippen LogP contribution in [0.4, 0.5) is 0 Å². The zero-order valence-electron chi connectivity index (χ0n) is 23.7. The average Bonchev–Trinajstić information content (AvgIpc) is 2.83. The Morgan fingerprint density at radius 3 is 1.22 bits per heavy atom. The highest BCUT2D eigenvalue weighted by molar-refractivity contribution is 7.91. The first-order valence-corrected chi connectivity index (χ1v) is 15.7. The van der Waals surface area contributed by atoms with Crippen molar-refractivity contribution in [3.63, 3.8) is 0 Å². The normalized spacial score (nSPS) is 18.8. The summed E-state index contributed by atoms with van der Waals surface area (Å²) in [6.45, 7) is 12.1. The Kier molecular flexibility index (Phi) is 7.78. The van der Waals surface area contributed by atoms with E-state index >= 15 is 0 Å². The highest BCUT2D eigenvalue weighted by atomic mass is 32.2. The minimum atomic E-state index is -3.88. The molecule has 4 rings (SSSR count). The van der Waals surface area contributed by atoms with Crippen LogP contribution in [-0.4, -0.2) is 18.6 Å². The fourth-order valence-electron chi connectivity index (χ4n) is 6.30. The fourth-order valence-corrected chi connectivity index (χ4v) is 7.68. The monoisotopic (exact) mass is 526 g/mol. The smallest absolute Gasteiger partial charge is 0.206 e. The summed E-state index contributed by atoms with van der Waals surface area (Å²) in [6, 6.07) is 6.83. The van der Waals surface area contributed by atoms with Gasteiger partial charge in [0.15, 0.2) is 0 Å². The van der Waals surface area contributed by atoms with Gasteiger partial charge in [0, 0.05) is 11.1 Å². The third-order valence-electron chi connectivity index (χ3n) is 8.55. The number of phenols is 2. The predicted molar refractivity (Wildman–Crippen MR) is 151 cm³/mol. The first-order chi connectivity index (χ1) is 17.2. The summed E-state index contributed by atoms with van der Waals surface area (Å²) < 4.78 is 28.6. The summed E-state index contributed by atoms with van der Waals surface area (Å²) in [6.07, 6.45) is 10.7. The minimum Gasteiger partial charge on any atom is -0.507 e. The molecule has 204 valence electrons. The molecule has 2 aromatic carbocycles. The maximum absolute atomic E-state index is 14.3. The predicted octanol–water partition coefficient (Wildman–Crippen LogP) is 8.62. The van der Waals surface area contributed by atoms with Gasteiger partial charge in [-0.05, 0) is 83.7 Å². The van der Waals surface area contributed by atoms with Crippen molar-refractivity contribution in [3.05, 3.63) is 46.5 Å². The third-order valence-corrected chi connectivity index (χ3v) is 10.3. The number of aromatic hydroxyl groups is 2. The molecule has 0 saturated heterocycles. The lowest BCUT2D eigenvalue weighted by Gasteiger charge is -2.29. The van der Waals surface area contributed by atoms with Crippen molar-refractivity contribution in [1.82, 2.24) is 0 Å². The summed E-state index contributed by atoms with van der Waals surface area (Å²) in [5.41, 5.74) is 2.09. The number of hydrogen-bond donors (Lipinski definition) is 2. The average molecular weight is 527 g/mol. The van der Waals surface area contributed by atoms with Gasteiger partial charge in [0.1, 0.15) is 11.5 Å². The van der Waals surface area contributed by atoms with Gasteiger partial charge in [-0.1, -0.05) is 80.1 Å². The van der Waals surface area contributed by atoms with Crippen LogP contribution in [0.15, 0.2) is 34.1 Å². The van der Waals surface area contributed by atoms with E-state index in [4.69, 9.17) is 0 Å². The van der Waals surface area contributed by atoms with Crippen molar-refractivity contribution in [2.75, 3.05) is 0 Å². The molecule has 0 spiro atoms. The van der Waals surface area contributed by atoms with Gasteiger partial charge in [-0.25, -0.2) is 8.42 Å². The van der Waals surface area contributed by atoms with E-state index in [0.29, 0.717) is 11.1 Å². The van der Waals surface area contributed by atoms with Crippen molar-refractivity contribution >= 4 is 9.84 Å². The molecule has 4 nitrogen and oxygen atoms in total. The SMILES string of the molecule is CC(C)(C)c1cc(S(=O)(=O)c2cc(C3CCCCC3)c(O)c(C(C)(C)C)c2)cc(C2CCCCC2)c1O. The van der Waals surface area contributed by atoms with Gasteiger partial charge in [-0.15, -0.1) is 0 Å². The topological polar surface area (TPSA) is 74.6 Å². The van der Waals surface area contributed by atoms with E-state index in [0.717, 1.165) is 62.5 Å². The minimum absolute atomic E-state index is 0.174. The quantitative estimate of drug-likeness (QED) is 0.418. The van der Waals surface area contributed by atoms with Crippen LogP contribution in [0.5, 0.6) is 11.5 Å². The van der Waals surface area contributed by atoms with E-state index in [9.17, 15) is 18.6 Å². The van der Waals surface area contributed by atoms with Crippen molar-refractivity contribution in [3.8, 4) is 11.5 Å². The van der Waals surface area contributed by atoms with Crippen LogP contribution in [0.3, 0.4) is 0 Å². The Bertz CT molecular complexity index is 1140. The Morgan fingerprint density at radius 2 is 0.919 bits per heavy atom. The standard InChI is InChI=1S/C32H46O4S/c1-31(2,3)27-19-23(17-25(29(27)33)21-13-9-7-10-14-21)37(35,36)24-18-26(22-15-11-8-12-16-22)30(34)28(20-24)32(4,5)6/h17-22,33-34H,7-16H2,1-6H3. The van der Waals surface area contributed by atoms with E-state index in [1.165, 1.54) is 12.8 Å². The molecular weight excluding hydrogens is 480 g/mol. The van der Waals surface area contributed by atoms with Crippen LogP contribution in [-0.2, 0) is 20.7 Å². The lowest BCUT2D eigenvalue weighted by molar-refractivity contribution is 0.401. The Balaban J connectivity index is 1.92. The first kappa shape index (κ1) is 28.0. The number of benzene rings is 2. The molecule has 5 heteroatoms. The Labute approximate surface area is 224 Å². The van der Waals surface area contributed by atoms with Crippen molar-refractivity contribution in [1.29, 1.82) is 0 Å². The molecule has 0 amide bonds. The number of phenolic OH excluding ortho intramolecular Hbond substituents is 2. The molecule has 0 unspecified atom stereocenters. The van der Waals surface area contributed by atoms with Gasteiger partial charge in [-0.3, -0.25) is 0 Å². The molecule has 0 heterocycles. The molecule has 0 aliphatic heterocycles. The molecule has 37 heavy (non-hydrogen) atoms. The second-order valence-corrected chi connectivity index (χ2v) is 15.4. The van der Waals surface area contributed by atoms with Crippen LogP contribution >= 0.6 is 0 Å². The Morgan fingerprint density at radius 1 is 0.595 bits per heavy atom. The van der Waals surface area contributed by atoms with Crippen LogP contribution < -0.4 is 0 Å². The van der Waals surface area contributed by atoms with Gasteiger partial charge >= 0.3 is 0 Å². The molecule has 2 aliphatic carbocycles. The summed E-state index contributed by atoms with van der Waals surface area (Å²) in [5, 5.41) is 22.6. The lowest BCUT2D eigenvalue weighted by atomic mass is 9.79. The molecule has 2 aliphatic rings. The summed E-state index contributed by atoms with van der Waals surface area (Å²) in [7, 11) is -3.88. The Hall–Kier alpha value is -2.01. The summed E-state index contributed by atoms with van der Waals surface area (Å²) >= 11 is 0. The molecule has 2 saturated carbocycles. The van der Waals surface area contributed by atoms with Crippen LogP contribution in [0.1, 0.15) is 140 Å². The second kappa shape index (κ2) is 10.3. The number of sulfone groups is 1. The number of rotatable bonds is 4. The fraction of sp³-hybridized carbons (Fsp3) is 0.625. The van der Waals surface area contributed by atoms with E-state index in [1.54, 1.807) is 24.3 Å². The van der Waals surface area contributed by atoms with Gasteiger partial charge in [0.2, 0.25) is 9.84 Å². The second-order valence-electron chi connectivity index (χ2n) is 13.5. The van der Waals surface area contributed by atoms with E-state index in [2.05, 4.69) is 0 Å². The highest BCUT2D eigenvalue weighted by Gasteiger charge is 2.32. The summed E-state index contributed by atoms with van der Waals surface area (Å²) in [4.78, 5) is 0.492. The molecule has 0 bridgehead atoms. The molecule has 2 aromatic rings. The summed E-state index contributed by atoms with van der Waals surface area (Å²) in [5.74, 6) is 0.852. The zero-order chi connectivity index (χ0) is 27.2. The zero-order valence-corrected chi connectivity index (χ0v) is 24.5. The van der Waals surface area contributed by atoms with E-state index in [-0.39, 0.29) is 33.1 Å². The molecule has 2 N–H and O–H groups in total. The number of hydrogen-bond acceptors (Lipinski definition) is 4. The maximum atomic E-state index is 14.3. The van der Waals surface area contributed by atoms with Gasteiger partial charge < -0.3 is 10.2 Å². The van der Waals surface area contributed by atoms with Crippen LogP contribution in [0.25, 0.3) is 0 Å². The molecule has 2 fully saturated rings. The van der Waals surface area contributed by atoms with Crippen LogP contribution in [0.2, 0.25) is 0 Å².